The van der Waals surface area contributed by atoms with Gasteiger partial charge < -0.3 is 14.2 Å². The highest BCUT2D eigenvalue weighted by Crippen LogP contribution is 2.30. The minimum absolute atomic E-state index is 0.0353. The van der Waals surface area contributed by atoms with Crippen molar-refractivity contribution in [3.05, 3.63) is 28.3 Å². The third kappa shape index (κ3) is 2.13. The van der Waals surface area contributed by atoms with E-state index in [1.807, 2.05) is 0 Å². The van der Waals surface area contributed by atoms with Crippen molar-refractivity contribution in [1.29, 1.82) is 0 Å². The van der Waals surface area contributed by atoms with Crippen molar-refractivity contribution in [3.8, 4) is 0 Å². The zero-order valence-corrected chi connectivity index (χ0v) is 11.6. The number of piperidine rings is 1. The molecule has 0 spiro atoms. The lowest BCUT2D eigenvalue weighted by atomic mass is 10.1. The van der Waals surface area contributed by atoms with Crippen LogP contribution in [0.2, 0.25) is 0 Å². The van der Waals surface area contributed by atoms with Crippen LogP contribution in [0.1, 0.15) is 12.8 Å². The van der Waals surface area contributed by atoms with E-state index in [0.29, 0.717) is 23.2 Å². The predicted molar refractivity (Wildman–Crippen MR) is 77.5 cm³/mol. The maximum Gasteiger partial charge on any atom is 0.298 e. The van der Waals surface area contributed by atoms with Gasteiger partial charge in [-0.1, -0.05) is 0 Å². The monoisotopic (exact) mass is 288 g/mol. The number of hydrogen-bond donors (Lipinski definition) is 0. The molecule has 1 aromatic heterocycles. The Morgan fingerprint density at radius 1 is 1.24 bits per heavy atom. The number of oxazole rings is 1. The molecule has 5 rings (SSSR count). The van der Waals surface area contributed by atoms with Gasteiger partial charge in [0.05, 0.1) is 11.0 Å². The van der Waals surface area contributed by atoms with Crippen molar-refractivity contribution in [1.82, 2.24) is 9.88 Å². The van der Waals surface area contributed by atoms with Crippen molar-refractivity contribution in [2.45, 2.75) is 18.9 Å². The first kappa shape index (κ1) is 12.6. The highest BCUT2D eigenvalue weighted by molar-refractivity contribution is 5.77. The van der Waals surface area contributed by atoms with Crippen LogP contribution >= 0.6 is 0 Å². The Hall–Kier alpha value is -2.15. The zero-order valence-electron chi connectivity index (χ0n) is 11.6. The molecule has 4 heterocycles. The van der Waals surface area contributed by atoms with E-state index in [0.717, 1.165) is 39.0 Å². The van der Waals surface area contributed by atoms with Crippen LogP contribution < -0.4 is 4.90 Å². The molecule has 0 N–H and O–H groups in total. The molecule has 7 nitrogen and oxygen atoms in total. The Bertz CT molecular complexity index is 691. The fourth-order valence-electron chi connectivity index (χ4n) is 3.28. The van der Waals surface area contributed by atoms with Gasteiger partial charge >= 0.3 is 0 Å². The molecule has 2 aromatic rings. The van der Waals surface area contributed by atoms with Gasteiger partial charge in [-0.05, 0) is 18.9 Å². The summed E-state index contributed by atoms with van der Waals surface area (Å²) in [4.78, 5) is 19.6. The van der Waals surface area contributed by atoms with Crippen LogP contribution in [-0.4, -0.2) is 47.0 Å². The molecular weight excluding hydrogens is 272 g/mol. The molecule has 3 aliphatic heterocycles. The van der Waals surface area contributed by atoms with Gasteiger partial charge in [0.2, 0.25) is 0 Å². The smallest absolute Gasteiger partial charge is 0.298 e. The first-order chi connectivity index (χ1) is 10.2. The Morgan fingerprint density at radius 2 is 2.05 bits per heavy atom. The number of anilines is 1. The Balaban J connectivity index is 1.71. The standard InChI is InChI=1S/C14H16N4O3/c19-18(20)11-1-2-12-13(9-11)21-14(15-12)17-8-7-16-5-3-10(17)4-6-16/h1-2,9-10H,3-8H2. The second kappa shape index (κ2) is 4.70. The molecule has 0 radical (unpaired) electrons. The molecule has 1 aromatic carbocycles. The number of benzene rings is 1. The lowest BCUT2D eigenvalue weighted by Gasteiger charge is -2.30. The molecule has 0 amide bonds. The highest BCUT2D eigenvalue weighted by Gasteiger charge is 2.31. The number of fused-ring (bicyclic) bond motifs is 5. The molecule has 0 saturated carbocycles. The second-order valence-corrected chi connectivity index (χ2v) is 5.67. The molecule has 0 unspecified atom stereocenters. The first-order valence-electron chi connectivity index (χ1n) is 7.25. The molecule has 0 atom stereocenters. The third-order valence-corrected chi connectivity index (χ3v) is 4.47. The average molecular weight is 288 g/mol. The zero-order chi connectivity index (χ0) is 14.4. The number of nitro benzene ring substituents is 1. The van der Waals surface area contributed by atoms with E-state index in [9.17, 15) is 10.1 Å². The second-order valence-electron chi connectivity index (χ2n) is 5.67. The van der Waals surface area contributed by atoms with Gasteiger partial charge in [-0.2, -0.15) is 4.98 Å². The normalized spacial score (nSPS) is 25.2. The molecule has 110 valence electrons. The molecule has 0 aliphatic carbocycles. The summed E-state index contributed by atoms with van der Waals surface area (Å²) in [7, 11) is 0. The number of rotatable bonds is 2. The van der Waals surface area contributed by atoms with Crippen LogP contribution in [0.15, 0.2) is 22.6 Å². The van der Waals surface area contributed by atoms with Gasteiger partial charge in [0, 0.05) is 38.3 Å². The SMILES string of the molecule is O=[N+]([O-])c1ccc2nc(N3CCN4CCC3CC4)oc2c1. The highest BCUT2D eigenvalue weighted by atomic mass is 16.6. The van der Waals surface area contributed by atoms with Crippen LogP contribution in [-0.2, 0) is 0 Å². The molecular formula is C14H16N4O3. The van der Waals surface area contributed by atoms with Crippen molar-refractivity contribution in [2.75, 3.05) is 31.1 Å². The molecule has 21 heavy (non-hydrogen) atoms. The van der Waals surface area contributed by atoms with Gasteiger partial charge in [0.1, 0.15) is 5.52 Å². The fourth-order valence-corrected chi connectivity index (χ4v) is 3.28. The molecule has 7 heteroatoms. The summed E-state index contributed by atoms with van der Waals surface area (Å²) in [6.07, 6.45) is 2.25. The lowest BCUT2D eigenvalue weighted by molar-refractivity contribution is -0.384. The van der Waals surface area contributed by atoms with Crippen molar-refractivity contribution >= 4 is 22.8 Å². The molecule has 2 bridgehead atoms. The quantitative estimate of drug-likeness (QED) is 0.621. The Morgan fingerprint density at radius 3 is 2.81 bits per heavy atom. The number of nitrogens with zero attached hydrogens (tertiary/aromatic N) is 4. The fraction of sp³-hybridized carbons (Fsp3) is 0.500. The number of hydrogen-bond acceptors (Lipinski definition) is 6. The van der Waals surface area contributed by atoms with Crippen LogP contribution in [0.3, 0.4) is 0 Å². The van der Waals surface area contributed by atoms with E-state index in [4.69, 9.17) is 4.42 Å². The van der Waals surface area contributed by atoms with E-state index in [1.54, 1.807) is 6.07 Å². The van der Waals surface area contributed by atoms with Gasteiger partial charge in [0.25, 0.3) is 11.7 Å². The summed E-state index contributed by atoms with van der Waals surface area (Å²) < 4.78 is 5.80. The van der Waals surface area contributed by atoms with Crippen LogP contribution in [0.4, 0.5) is 11.7 Å². The summed E-state index contributed by atoms with van der Waals surface area (Å²) in [6, 6.07) is 5.63. The maximum absolute atomic E-state index is 10.8. The number of nitro groups is 1. The van der Waals surface area contributed by atoms with E-state index >= 15 is 0 Å². The average Bonchev–Trinajstić information content (AvgIpc) is 2.68. The van der Waals surface area contributed by atoms with E-state index in [1.165, 1.54) is 12.1 Å². The summed E-state index contributed by atoms with van der Waals surface area (Å²) in [5.41, 5.74) is 1.20. The molecule has 3 fully saturated rings. The first-order valence-corrected chi connectivity index (χ1v) is 7.25. The van der Waals surface area contributed by atoms with Crippen molar-refractivity contribution < 1.29 is 9.34 Å². The Kier molecular flexibility index (Phi) is 2.81. The summed E-state index contributed by atoms with van der Waals surface area (Å²) in [5.74, 6) is 0. The van der Waals surface area contributed by atoms with E-state index < -0.39 is 4.92 Å². The summed E-state index contributed by atoms with van der Waals surface area (Å²) in [6.45, 7) is 4.19. The van der Waals surface area contributed by atoms with E-state index in [2.05, 4.69) is 14.8 Å². The maximum atomic E-state index is 10.8. The summed E-state index contributed by atoms with van der Waals surface area (Å²) in [5, 5.41) is 10.8. The van der Waals surface area contributed by atoms with Crippen LogP contribution in [0.25, 0.3) is 11.1 Å². The number of aromatic nitrogens is 1. The largest absolute Gasteiger partial charge is 0.423 e. The van der Waals surface area contributed by atoms with Crippen molar-refractivity contribution in [2.24, 2.45) is 0 Å². The van der Waals surface area contributed by atoms with Crippen molar-refractivity contribution in [3.63, 3.8) is 0 Å². The minimum atomic E-state index is -0.414. The van der Waals surface area contributed by atoms with Gasteiger partial charge in [-0.25, -0.2) is 0 Å². The van der Waals surface area contributed by atoms with Gasteiger partial charge in [-0.3, -0.25) is 10.1 Å². The molecule has 3 aliphatic rings. The Labute approximate surface area is 121 Å². The summed E-state index contributed by atoms with van der Waals surface area (Å²) >= 11 is 0. The van der Waals surface area contributed by atoms with Crippen LogP contribution in [0, 0.1) is 10.1 Å². The third-order valence-electron chi connectivity index (χ3n) is 4.47. The molecule has 3 saturated heterocycles. The lowest BCUT2D eigenvalue weighted by Crippen LogP contribution is -2.38. The van der Waals surface area contributed by atoms with E-state index in [-0.39, 0.29) is 5.69 Å². The topological polar surface area (TPSA) is 75.7 Å². The van der Waals surface area contributed by atoms with Crippen LogP contribution in [0.5, 0.6) is 0 Å². The number of non-ortho nitro benzene ring substituents is 1. The predicted octanol–water partition coefficient (Wildman–Crippen LogP) is 2.02. The van der Waals surface area contributed by atoms with Gasteiger partial charge in [-0.15, -0.1) is 0 Å². The minimum Gasteiger partial charge on any atom is -0.423 e. The van der Waals surface area contributed by atoms with Gasteiger partial charge in [0.15, 0.2) is 5.58 Å².